The molecule has 21 heavy (non-hydrogen) atoms. The van der Waals surface area contributed by atoms with E-state index in [0.29, 0.717) is 24.1 Å². The summed E-state index contributed by atoms with van der Waals surface area (Å²) < 4.78 is 24.5. The summed E-state index contributed by atoms with van der Waals surface area (Å²) in [6, 6.07) is 6.69. The van der Waals surface area contributed by atoms with E-state index in [4.69, 9.17) is 20.8 Å². The molecule has 2 aromatic rings. The molecule has 0 spiro atoms. The number of benzene rings is 1. The van der Waals surface area contributed by atoms with E-state index in [1.807, 2.05) is 13.0 Å². The fourth-order valence-corrected chi connectivity index (χ4v) is 1.97. The van der Waals surface area contributed by atoms with Gasteiger partial charge in [-0.05, 0) is 30.7 Å². The number of hydrogen-bond acceptors (Lipinski definition) is 3. The Kier molecular flexibility index (Phi) is 5.26. The molecule has 1 heterocycles. The monoisotopic (exact) mass is 311 g/mol. The van der Waals surface area contributed by atoms with Crippen LogP contribution in [0.4, 0.5) is 4.39 Å². The van der Waals surface area contributed by atoms with Gasteiger partial charge in [-0.3, -0.25) is 0 Å². The van der Waals surface area contributed by atoms with Gasteiger partial charge in [-0.2, -0.15) is 0 Å². The summed E-state index contributed by atoms with van der Waals surface area (Å²) in [7, 11) is 0. The van der Waals surface area contributed by atoms with Crippen molar-refractivity contribution >= 4 is 11.6 Å². The number of ether oxygens (including phenoxy) is 1. The Balaban J connectivity index is 1.96. The van der Waals surface area contributed by atoms with Crippen LogP contribution in [0, 0.1) is 12.7 Å². The van der Waals surface area contributed by atoms with Crippen LogP contribution in [0.1, 0.15) is 30.9 Å². The lowest BCUT2D eigenvalue weighted by molar-refractivity contribution is 0.263. The van der Waals surface area contributed by atoms with Crippen LogP contribution in [0.5, 0.6) is 5.75 Å². The maximum Gasteiger partial charge on any atom is 0.146 e. The van der Waals surface area contributed by atoms with Gasteiger partial charge in [0, 0.05) is 12.1 Å². The average molecular weight is 312 g/mol. The first-order valence-electron chi connectivity index (χ1n) is 6.85. The van der Waals surface area contributed by atoms with E-state index in [2.05, 4.69) is 19.2 Å². The Morgan fingerprint density at radius 3 is 2.76 bits per heavy atom. The van der Waals surface area contributed by atoms with Crippen molar-refractivity contribution in [2.75, 3.05) is 0 Å². The van der Waals surface area contributed by atoms with Crippen molar-refractivity contribution in [2.24, 2.45) is 0 Å². The fraction of sp³-hybridized carbons (Fsp3) is 0.375. The van der Waals surface area contributed by atoms with Crippen LogP contribution in [0.25, 0.3) is 0 Å². The van der Waals surface area contributed by atoms with Gasteiger partial charge in [-0.25, -0.2) is 4.39 Å². The predicted octanol–water partition coefficient (Wildman–Crippen LogP) is 4.46. The Bertz CT molecular complexity index is 610. The third kappa shape index (κ3) is 4.48. The van der Waals surface area contributed by atoms with Crippen molar-refractivity contribution < 1.29 is 13.5 Å². The van der Waals surface area contributed by atoms with E-state index in [-0.39, 0.29) is 11.6 Å². The molecule has 0 aliphatic heterocycles. The largest absolute Gasteiger partial charge is 0.486 e. The second kappa shape index (κ2) is 6.96. The van der Waals surface area contributed by atoms with Crippen LogP contribution >= 0.6 is 11.6 Å². The standard InChI is InChI=1S/C16H19ClFNO2/c1-10(2)19-8-16-11(3)6-13(21-16)9-20-12-4-5-14(17)15(18)7-12/h4-7,10,19H,8-9H2,1-3H3. The summed E-state index contributed by atoms with van der Waals surface area (Å²) in [6.07, 6.45) is 0. The summed E-state index contributed by atoms with van der Waals surface area (Å²) in [5.74, 6) is 1.53. The van der Waals surface area contributed by atoms with Gasteiger partial charge in [0.25, 0.3) is 0 Å². The van der Waals surface area contributed by atoms with Crippen molar-refractivity contribution in [3.8, 4) is 5.75 Å². The summed E-state index contributed by atoms with van der Waals surface area (Å²) in [5.41, 5.74) is 1.07. The van der Waals surface area contributed by atoms with Gasteiger partial charge in [-0.15, -0.1) is 0 Å². The van der Waals surface area contributed by atoms with E-state index < -0.39 is 5.82 Å². The molecular formula is C16H19ClFNO2. The zero-order valence-electron chi connectivity index (χ0n) is 12.4. The molecule has 0 aliphatic carbocycles. The number of hydrogen-bond donors (Lipinski definition) is 1. The summed E-state index contributed by atoms with van der Waals surface area (Å²) >= 11 is 5.63. The molecule has 3 nitrogen and oxygen atoms in total. The molecule has 0 fully saturated rings. The Labute approximate surface area is 129 Å². The number of nitrogens with one attached hydrogen (secondary N) is 1. The molecule has 114 valence electrons. The molecule has 1 aromatic carbocycles. The summed E-state index contributed by atoms with van der Waals surface area (Å²) in [6.45, 7) is 7.09. The normalized spacial score (nSPS) is 11.1. The highest BCUT2D eigenvalue weighted by molar-refractivity contribution is 6.30. The first kappa shape index (κ1) is 15.9. The average Bonchev–Trinajstić information content (AvgIpc) is 2.78. The zero-order valence-corrected chi connectivity index (χ0v) is 13.1. The third-order valence-corrected chi connectivity index (χ3v) is 3.32. The van der Waals surface area contributed by atoms with Crippen molar-refractivity contribution in [1.82, 2.24) is 5.32 Å². The molecular weight excluding hydrogens is 293 g/mol. The second-order valence-electron chi connectivity index (χ2n) is 5.22. The molecule has 1 N–H and O–H groups in total. The van der Waals surface area contributed by atoms with E-state index in [9.17, 15) is 4.39 Å². The number of furan rings is 1. The van der Waals surface area contributed by atoms with Crippen LogP contribution < -0.4 is 10.1 Å². The molecule has 0 unspecified atom stereocenters. The maximum atomic E-state index is 13.3. The molecule has 2 rings (SSSR count). The third-order valence-electron chi connectivity index (χ3n) is 3.01. The van der Waals surface area contributed by atoms with Gasteiger partial charge < -0.3 is 14.5 Å². The first-order chi connectivity index (χ1) is 9.95. The highest BCUT2D eigenvalue weighted by Crippen LogP contribution is 2.22. The molecule has 1 aromatic heterocycles. The van der Waals surface area contributed by atoms with Crippen LogP contribution in [0.2, 0.25) is 5.02 Å². The summed E-state index contributed by atoms with van der Waals surface area (Å²) in [5, 5.41) is 3.39. The highest BCUT2D eigenvalue weighted by atomic mass is 35.5. The first-order valence-corrected chi connectivity index (χ1v) is 7.23. The quantitative estimate of drug-likeness (QED) is 0.855. The summed E-state index contributed by atoms with van der Waals surface area (Å²) in [4.78, 5) is 0. The van der Waals surface area contributed by atoms with E-state index in [0.717, 1.165) is 11.3 Å². The molecule has 0 saturated carbocycles. The van der Waals surface area contributed by atoms with Crippen molar-refractivity contribution in [3.63, 3.8) is 0 Å². The molecule has 0 amide bonds. The van der Waals surface area contributed by atoms with Gasteiger partial charge >= 0.3 is 0 Å². The smallest absolute Gasteiger partial charge is 0.146 e. The Morgan fingerprint density at radius 2 is 2.10 bits per heavy atom. The molecule has 5 heteroatoms. The lowest BCUT2D eigenvalue weighted by Crippen LogP contribution is -2.21. The fourth-order valence-electron chi connectivity index (χ4n) is 1.85. The minimum absolute atomic E-state index is 0.0817. The zero-order chi connectivity index (χ0) is 15.4. The van der Waals surface area contributed by atoms with Crippen molar-refractivity contribution in [3.05, 3.63) is 52.2 Å². The van der Waals surface area contributed by atoms with E-state index in [1.54, 1.807) is 6.07 Å². The SMILES string of the molecule is Cc1cc(COc2ccc(Cl)c(F)c2)oc1CNC(C)C. The van der Waals surface area contributed by atoms with Crippen LogP contribution in [0.3, 0.4) is 0 Å². The van der Waals surface area contributed by atoms with Crippen LogP contribution in [-0.2, 0) is 13.2 Å². The van der Waals surface area contributed by atoms with E-state index >= 15 is 0 Å². The minimum atomic E-state index is -0.494. The second-order valence-corrected chi connectivity index (χ2v) is 5.63. The molecule has 0 aliphatic rings. The molecule has 0 saturated heterocycles. The van der Waals surface area contributed by atoms with E-state index in [1.165, 1.54) is 12.1 Å². The lowest BCUT2D eigenvalue weighted by Gasteiger charge is -2.06. The number of rotatable bonds is 6. The number of halogens is 2. The molecule has 0 radical (unpaired) electrons. The Hall–Kier alpha value is -1.52. The predicted molar refractivity (Wildman–Crippen MR) is 81.2 cm³/mol. The highest BCUT2D eigenvalue weighted by Gasteiger charge is 2.09. The van der Waals surface area contributed by atoms with Crippen LogP contribution in [-0.4, -0.2) is 6.04 Å². The maximum absolute atomic E-state index is 13.3. The Morgan fingerprint density at radius 1 is 1.33 bits per heavy atom. The van der Waals surface area contributed by atoms with Crippen molar-refractivity contribution in [1.29, 1.82) is 0 Å². The topological polar surface area (TPSA) is 34.4 Å². The van der Waals surface area contributed by atoms with Gasteiger partial charge in [0.15, 0.2) is 0 Å². The lowest BCUT2D eigenvalue weighted by atomic mass is 10.2. The van der Waals surface area contributed by atoms with Gasteiger partial charge in [0.2, 0.25) is 0 Å². The number of aryl methyl sites for hydroxylation is 1. The van der Waals surface area contributed by atoms with Crippen molar-refractivity contribution in [2.45, 2.75) is 40.0 Å². The van der Waals surface area contributed by atoms with Gasteiger partial charge in [-0.1, -0.05) is 25.4 Å². The van der Waals surface area contributed by atoms with Gasteiger partial charge in [0.05, 0.1) is 11.6 Å². The minimum Gasteiger partial charge on any atom is -0.486 e. The molecule has 0 bridgehead atoms. The van der Waals surface area contributed by atoms with Gasteiger partial charge in [0.1, 0.15) is 29.7 Å². The van der Waals surface area contributed by atoms with Crippen LogP contribution in [0.15, 0.2) is 28.7 Å². The molecule has 0 atom stereocenters.